The van der Waals surface area contributed by atoms with Crippen molar-refractivity contribution in [3.8, 4) is 0 Å². The molecule has 6 nitrogen and oxygen atoms in total. The van der Waals surface area contributed by atoms with Crippen LogP contribution in [-0.4, -0.2) is 15.6 Å². The Morgan fingerprint density at radius 3 is 2.62 bits per heavy atom. The van der Waals surface area contributed by atoms with Crippen LogP contribution in [0.3, 0.4) is 0 Å². The molecule has 110 valence electrons. The molecule has 1 aliphatic carbocycles. The quantitative estimate of drug-likeness (QED) is 0.940. The fourth-order valence-corrected chi connectivity index (χ4v) is 2.57. The van der Waals surface area contributed by atoms with Gasteiger partial charge in [-0.25, -0.2) is 0 Å². The second-order valence-electron chi connectivity index (χ2n) is 5.53. The third-order valence-corrected chi connectivity index (χ3v) is 3.64. The molecule has 1 saturated carbocycles. The van der Waals surface area contributed by atoms with Gasteiger partial charge in [0.05, 0.1) is 0 Å². The lowest BCUT2D eigenvalue weighted by molar-refractivity contribution is 0.102. The van der Waals surface area contributed by atoms with E-state index in [1.807, 2.05) is 13.0 Å². The van der Waals surface area contributed by atoms with Gasteiger partial charge in [0.15, 0.2) is 5.82 Å². The van der Waals surface area contributed by atoms with Gasteiger partial charge in [0.2, 0.25) is 0 Å². The van der Waals surface area contributed by atoms with Gasteiger partial charge < -0.3 is 14.4 Å². The molecule has 0 spiro atoms. The van der Waals surface area contributed by atoms with E-state index in [0.717, 1.165) is 18.5 Å². The Hall–Kier alpha value is -2.37. The molecule has 0 atom stereocenters. The van der Waals surface area contributed by atoms with E-state index < -0.39 is 5.91 Å². The summed E-state index contributed by atoms with van der Waals surface area (Å²) in [5.41, 5.74) is 1.52. The zero-order valence-electron chi connectivity index (χ0n) is 12.3. The highest BCUT2D eigenvalue weighted by atomic mass is 16.5. The van der Waals surface area contributed by atoms with E-state index in [1.54, 1.807) is 24.5 Å². The van der Waals surface area contributed by atoms with Gasteiger partial charge in [-0.3, -0.25) is 9.59 Å². The maximum absolute atomic E-state index is 12.6. The standard InChI is InChI=1S/C15H17N3O3/c1-8-6-9(2)18(11-4-5-11)15(20)13(8)14(19)16-12-7-10(3)21-17-12/h6-7,11H,4-5H2,1-3H3,(H,16,17,19). The van der Waals surface area contributed by atoms with E-state index in [2.05, 4.69) is 10.5 Å². The third-order valence-electron chi connectivity index (χ3n) is 3.64. The number of nitrogens with zero attached hydrogens (tertiary/aromatic N) is 2. The van der Waals surface area contributed by atoms with Crippen molar-refractivity contribution in [2.45, 2.75) is 39.7 Å². The van der Waals surface area contributed by atoms with Crippen molar-refractivity contribution < 1.29 is 9.32 Å². The average molecular weight is 287 g/mol. The SMILES string of the molecule is Cc1cc(NC(=O)c2c(C)cc(C)n(C3CC3)c2=O)no1. The van der Waals surface area contributed by atoms with Crippen LogP contribution >= 0.6 is 0 Å². The molecule has 0 saturated heterocycles. The number of aryl methyl sites for hydroxylation is 3. The first kappa shape index (κ1) is 13.6. The van der Waals surface area contributed by atoms with Crippen LogP contribution in [-0.2, 0) is 0 Å². The maximum atomic E-state index is 12.6. The number of carbonyl (C=O) groups excluding carboxylic acids is 1. The van der Waals surface area contributed by atoms with Gasteiger partial charge in [-0.1, -0.05) is 5.16 Å². The summed E-state index contributed by atoms with van der Waals surface area (Å²) in [6.07, 6.45) is 1.99. The van der Waals surface area contributed by atoms with E-state index in [9.17, 15) is 9.59 Å². The van der Waals surface area contributed by atoms with Crippen molar-refractivity contribution >= 4 is 11.7 Å². The topological polar surface area (TPSA) is 77.1 Å². The molecule has 3 rings (SSSR count). The number of rotatable bonds is 3. The van der Waals surface area contributed by atoms with Gasteiger partial charge >= 0.3 is 0 Å². The summed E-state index contributed by atoms with van der Waals surface area (Å²) in [6.45, 7) is 5.41. The number of anilines is 1. The summed E-state index contributed by atoms with van der Waals surface area (Å²) in [4.78, 5) is 25.0. The Morgan fingerprint density at radius 1 is 1.33 bits per heavy atom. The average Bonchev–Trinajstić information content (AvgIpc) is 3.12. The van der Waals surface area contributed by atoms with E-state index in [0.29, 0.717) is 17.1 Å². The smallest absolute Gasteiger partial charge is 0.264 e. The molecule has 2 aromatic rings. The second kappa shape index (κ2) is 4.87. The summed E-state index contributed by atoms with van der Waals surface area (Å²) >= 11 is 0. The number of pyridine rings is 1. The molecule has 0 unspecified atom stereocenters. The zero-order valence-corrected chi connectivity index (χ0v) is 12.3. The molecule has 0 radical (unpaired) electrons. The van der Waals surface area contributed by atoms with E-state index in [1.165, 1.54) is 0 Å². The predicted molar refractivity (Wildman–Crippen MR) is 77.6 cm³/mol. The Balaban J connectivity index is 1.99. The Kier molecular flexibility index (Phi) is 3.16. The Morgan fingerprint density at radius 2 is 2.05 bits per heavy atom. The first-order valence-corrected chi connectivity index (χ1v) is 6.95. The Labute approximate surface area is 121 Å². The minimum Gasteiger partial charge on any atom is -0.360 e. The second-order valence-corrected chi connectivity index (χ2v) is 5.53. The molecule has 6 heteroatoms. The fourth-order valence-electron chi connectivity index (χ4n) is 2.57. The van der Waals surface area contributed by atoms with Crippen LogP contribution in [0.1, 0.15) is 46.3 Å². The van der Waals surface area contributed by atoms with Gasteiger partial charge in [0.25, 0.3) is 11.5 Å². The summed E-state index contributed by atoms with van der Waals surface area (Å²) in [5, 5.41) is 6.32. The number of hydrogen-bond donors (Lipinski definition) is 1. The van der Waals surface area contributed by atoms with Gasteiger partial charge in [0.1, 0.15) is 11.3 Å². The van der Waals surface area contributed by atoms with Crippen molar-refractivity contribution in [2.24, 2.45) is 0 Å². The lowest BCUT2D eigenvalue weighted by atomic mass is 10.1. The molecule has 1 aliphatic rings. The molecule has 0 aliphatic heterocycles. The van der Waals surface area contributed by atoms with E-state index >= 15 is 0 Å². The molecular weight excluding hydrogens is 270 g/mol. The number of hydrogen-bond acceptors (Lipinski definition) is 4. The van der Waals surface area contributed by atoms with Crippen LogP contribution in [0.15, 0.2) is 21.5 Å². The van der Waals surface area contributed by atoms with Crippen LogP contribution in [0, 0.1) is 20.8 Å². The van der Waals surface area contributed by atoms with Crippen LogP contribution in [0.2, 0.25) is 0 Å². The minimum atomic E-state index is -0.444. The largest absolute Gasteiger partial charge is 0.360 e. The number of amides is 1. The maximum Gasteiger partial charge on any atom is 0.264 e. The molecular formula is C15H17N3O3. The zero-order chi connectivity index (χ0) is 15.1. The first-order chi connectivity index (χ1) is 9.97. The highest BCUT2D eigenvalue weighted by Gasteiger charge is 2.28. The van der Waals surface area contributed by atoms with Gasteiger partial charge in [0, 0.05) is 17.8 Å². The predicted octanol–water partition coefficient (Wildman–Crippen LogP) is 2.35. The molecule has 0 aromatic carbocycles. The first-order valence-electron chi connectivity index (χ1n) is 6.95. The van der Waals surface area contributed by atoms with Gasteiger partial charge in [-0.15, -0.1) is 0 Å². The molecule has 1 fully saturated rings. The van der Waals surface area contributed by atoms with Crippen molar-refractivity contribution in [1.82, 2.24) is 9.72 Å². The lowest BCUT2D eigenvalue weighted by Gasteiger charge is -2.13. The van der Waals surface area contributed by atoms with Crippen molar-refractivity contribution in [1.29, 1.82) is 0 Å². The number of carbonyl (C=O) groups is 1. The molecule has 2 aromatic heterocycles. The molecule has 1 N–H and O–H groups in total. The number of nitrogens with one attached hydrogen (secondary N) is 1. The Bertz CT molecular complexity index is 769. The summed E-state index contributed by atoms with van der Waals surface area (Å²) in [6, 6.07) is 3.72. The van der Waals surface area contributed by atoms with Crippen molar-refractivity contribution in [3.05, 3.63) is 45.1 Å². The minimum absolute atomic E-state index is 0.174. The van der Waals surface area contributed by atoms with Gasteiger partial charge in [-0.05, 0) is 45.2 Å². The summed E-state index contributed by atoms with van der Waals surface area (Å²) in [7, 11) is 0. The highest BCUT2D eigenvalue weighted by Crippen LogP contribution is 2.34. The van der Waals surface area contributed by atoms with E-state index in [4.69, 9.17) is 4.52 Å². The van der Waals surface area contributed by atoms with E-state index in [-0.39, 0.29) is 17.2 Å². The van der Waals surface area contributed by atoms with Crippen molar-refractivity contribution in [2.75, 3.05) is 5.32 Å². The molecule has 21 heavy (non-hydrogen) atoms. The normalized spacial score (nSPS) is 14.2. The summed E-state index contributed by atoms with van der Waals surface area (Å²) in [5.74, 6) is 0.469. The van der Waals surface area contributed by atoms with Crippen molar-refractivity contribution in [3.63, 3.8) is 0 Å². The molecule has 1 amide bonds. The van der Waals surface area contributed by atoms with Crippen LogP contribution < -0.4 is 10.9 Å². The monoisotopic (exact) mass is 287 g/mol. The third kappa shape index (κ3) is 2.49. The fraction of sp³-hybridized carbons (Fsp3) is 0.400. The molecule has 0 bridgehead atoms. The number of aromatic nitrogens is 2. The van der Waals surface area contributed by atoms with Crippen LogP contribution in [0.4, 0.5) is 5.82 Å². The van der Waals surface area contributed by atoms with Crippen LogP contribution in [0.25, 0.3) is 0 Å². The summed E-state index contributed by atoms with van der Waals surface area (Å²) < 4.78 is 6.62. The van der Waals surface area contributed by atoms with Crippen LogP contribution in [0.5, 0.6) is 0 Å². The van der Waals surface area contributed by atoms with Gasteiger partial charge in [-0.2, -0.15) is 0 Å². The lowest BCUT2D eigenvalue weighted by Crippen LogP contribution is -2.31. The molecule has 2 heterocycles. The highest BCUT2D eigenvalue weighted by molar-refractivity contribution is 6.04.